The number of nitrogens with zero attached hydrogens (tertiary/aromatic N) is 3. The summed E-state index contributed by atoms with van der Waals surface area (Å²) >= 11 is 7.94. The van der Waals surface area contributed by atoms with Crippen molar-refractivity contribution in [1.29, 1.82) is 5.26 Å². The smallest absolute Gasteiger partial charge is 0.226 e. The number of amides is 1. The molecular formula is C23H27ClN4OS. The summed E-state index contributed by atoms with van der Waals surface area (Å²) in [5, 5.41) is 14.0. The average Bonchev–Trinajstić information content (AvgIpc) is 3.33. The molecule has 1 aromatic carbocycles. The predicted octanol–water partition coefficient (Wildman–Crippen LogP) is 4.47. The van der Waals surface area contributed by atoms with E-state index in [0.717, 1.165) is 67.6 Å². The lowest BCUT2D eigenvalue weighted by atomic mass is 10.1. The molecule has 0 bridgehead atoms. The van der Waals surface area contributed by atoms with E-state index < -0.39 is 0 Å². The topological polar surface area (TPSA) is 59.4 Å². The molecule has 1 atom stereocenters. The van der Waals surface area contributed by atoms with Crippen molar-refractivity contribution in [3.63, 3.8) is 0 Å². The van der Waals surface area contributed by atoms with Crippen LogP contribution in [0.2, 0.25) is 5.02 Å². The van der Waals surface area contributed by atoms with Crippen LogP contribution in [0.3, 0.4) is 0 Å². The van der Waals surface area contributed by atoms with Crippen LogP contribution in [-0.4, -0.2) is 48.4 Å². The van der Waals surface area contributed by atoms with Gasteiger partial charge in [0.05, 0.1) is 5.56 Å². The summed E-state index contributed by atoms with van der Waals surface area (Å²) in [6.07, 6.45) is 3.56. The second kappa shape index (κ2) is 9.49. The first kappa shape index (κ1) is 21.3. The molecule has 0 spiro atoms. The van der Waals surface area contributed by atoms with Gasteiger partial charge in [-0.3, -0.25) is 9.69 Å². The maximum absolute atomic E-state index is 12.5. The number of anilines is 1. The molecule has 1 aliphatic carbocycles. The number of carbonyl (C=O) groups excluding carboxylic acids is 1. The van der Waals surface area contributed by atoms with Crippen LogP contribution in [0.15, 0.2) is 24.3 Å². The largest absolute Gasteiger partial charge is 0.317 e. The monoisotopic (exact) mass is 442 g/mol. The van der Waals surface area contributed by atoms with Gasteiger partial charge in [0.25, 0.3) is 0 Å². The SMILES string of the molecule is CC(c1ccccc1Cl)N1CCN(CCC(=O)Nc2sc3c(c2C#N)CCC3)CC1. The van der Waals surface area contributed by atoms with Crippen molar-refractivity contribution in [1.82, 2.24) is 9.80 Å². The molecule has 1 fully saturated rings. The molecule has 2 aliphatic rings. The number of rotatable bonds is 6. The van der Waals surface area contributed by atoms with Gasteiger partial charge in [-0.25, -0.2) is 0 Å². The standard InChI is InChI=1S/C23H27ClN4OS/c1-16(17-5-2-3-7-20(17)24)28-13-11-27(12-14-28)10-9-22(29)26-23-19(15-25)18-6-4-8-21(18)30-23/h2-3,5,7,16H,4,6,8-14H2,1H3,(H,26,29). The number of benzene rings is 1. The zero-order chi connectivity index (χ0) is 21.1. The van der Waals surface area contributed by atoms with E-state index in [-0.39, 0.29) is 11.9 Å². The molecule has 1 aromatic heterocycles. The highest BCUT2D eigenvalue weighted by atomic mass is 35.5. The lowest BCUT2D eigenvalue weighted by Gasteiger charge is -2.38. The number of piperazine rings is 1. The summed E-state index contributed by atoms with van der Waals surface area (Å²) in [5.41, 5.74) is 3.01. The Balaban J connectivity index is 1.25. The molecular weight excluding hydrogens is 416 g/mol. The maximum Gasteiger partial charge on any atom is 0.226 e. The van der Waals surface area contributed by atoms with Gasteiger partial charge in [0.1, 0.15) is 11.1 Å². The van der Waals surface area contributed by atoms with E-state index in [4.69, 9.17) is 11.6 Å². The van der Waals surface area contributed by atoms with Crippen LogP contribution in [0, 0.1) is 11.3 Å². The number of hydrogen-bond acceptors (Lipinski definition) is 5. The third-order valence-corrected chi connectivity index (χ3v) is 7.80. The Kier molecular flexibility index (Phi) is 6.74. The van der Waals surface area contributed by atoms with Crippen LogP contribution in [-0.2, 0) is 17.6 Å². The fourth-order valence-corrected chi connectivity index (χ4v) is 5.99. The molecule has 1 saturated heterocycles. The molecule has 7 heteroatoms. The molecule has 1 unspecified atom stereocenters. The van der Waals surface area contributed by atoms with Gasteiger partial charge in [0.15, 0.2) is 0 Å². The van der Waals surface area contributed by atoms with Crippen LogP contribution in [0.25, 0.3) is 0 Å². The molecule has 0 radical (unpaired) electrons. The molecule has 5 nitrogen and oxygen atoms in total. The van der Waals surface area contributed by atoms with Gasteiger partial charge in [-0.1, -0.05) is 29.8 Å². The first-order valence-corrected chi connectivity index (χ1v) is 11.8. The Morgan fingerprint density at radius 2 is 2.03 bits per heavy atom. The number of nitrogens with one attached hydrogen (secondary N) is 1. The van der Waals surface area contributed by atoms with Crippen molar-refractivity contribution in [2.75, 3.05) is 38.0 Å². The lowest BCUT2D eigenvalue weighted by Crippen LogP contribution is -2.47. The highest BCUT2D eigenvalue weighted by molar-refractivity contribution is 7.16. The Morgan fingerprint density at radius 3 is 2.77 bits per heavy atom. The van der Waals surface area contributed by atoms with Crippen molar-refractivity contribution in [3.05, 3.63) is 50.9 Å². The highest BCUT2D eigenvalue weighted by Crippen LogP contribution is 2.38. The van der Waals surface area contributed by atoms with E-state index in [1.807, 2.05) is 18.2 Å². The molecule has 1 amide bonds. The minimum Gasteiger partial charge on any atom is -0.317 e. The summed E-state index contributed by atoms with van der Waals surface area (Å²) in [6, 6.07) is 10.6. The van der Waals surface area contributed by atoms with Gasteiger partial charge in [-0.05, 0) is 43.4 Å². The molecule has 0 saturated carbocycles. The lowest BCUT2D eigenvalue weighted by molar-refractivity contribution is -0.116. The molecule has 2 aromatic rings. The molecule has 30 heavy (non-hydrogen) atoms. The zero-order valence-corrected chi connectivity index (χ0v) is 18.9. The number of aryl methyl sites for hydroxylation is 1. The minimum atomic E-state index is -0.00158. The van der Waals surface area contributed by atoms with Crippen molar-refractivity contribution < 1.29 is 4.79 Å². The van der Waals surface area contributed by atoms with Crippen LogP contribution < -0.4 is 5.32 Å². The Bertz CT molecular complexity index is 959. The van der Waals surface area contributed by atoms with E-state index in [2.05, 4.69) is 34.2 Å². The van der Waals surface area contributed by atoms with Crippen molar-refractivity contribution in [2.24, 2.45) is 0 Å². The number of thiophene rings is 1. The molecule has 2 heterocycles. The molecule has 4 rings (SSSR count). The third-order valence-electron chi connectivity index (χ3n) is 6.25. The Hall–Kier alpha value is -1.91. The summed E-state index contributed by atoms with van der Waals surface area (Å²) < 4.78 is 0. The fourth-order valence-electron chi connectivity index (χ4n) is 4.44. The van der Waals surface area contributed by atoms with Crippen LogP contribution in [0.4, 0.5) is 5.00 Å². The summed E-state index contributed by atoms with van der Waals surface area (Å²) in [7, 11) is 0. The Labute approximate surface area is 187 Å². The van der Waals surface area contributed by atoms with Crippen LogP contribution in [0.1, 0.15) is 47.4 Å². The second-order valence-electron chi connectivity index (χ2n) is 8.05. The van der Waals surface area contributed by atoms with Crippen LogP contribution >= 0.6 is 22.9 Å². The number of fused-ring (bicyclic) bond motifs is 1. The van der Waals surface area contributed by atoms with Crippen molar-refractivity contribution >= 4 is 33.8 Å². The zero-order valence-electron chi connectivity index (χ0n) is 17.3. The molecule has 1 N–H and O–H groups in total. The number of nitriles is 1. The predicted molar refractivity (Wildman–Crippen MR) is 122 cm³/mol. The molecule has 1 aliphatic heterocycles. The summed E-state index contributed by atoms with van der Waals surface area (Å²) in [6.45, 7) is 6.76. The number of carbonyl (C=O) groups is 1. The summed E-state index contributed by atoms with van der Waals surface area (Å²) in [4.78, 5) is 18.5. The van der Waals surface area contributed by atoms with Crippen LogP contribution in [0.5, 0.6) is 0 Å². The highest BCUT2D eigenvalue weighted by Gasteiger charge is 2.25. The Morgan fingerprint density at radius 1 is 1.27 bits per heavy atom. The van der Waals surface area contributed by atoms with Crippen molar-refractivity contribution in [2.45, 2.75) is 38.6 Å². The van der Waals surface area contributed by atoms with E-state index in [1.165, 1.54) is 10.4 Å². The second-order valence-corrected chi connectivity index (χ2v) is 9.56. The minimum absolute atomic E-state index is 0.00158. The fraction of sp³-hybridized carbons (Fsp3) is 0.478. The van der Waals surface area contributed by atoms with Gasteiger partial charge in [-0.15, -0.1) is 11.3 Å². The number of halogens is 1. The first-order valence-electron chi connectivity index (χ1n) is 10.6. The van der Waals surface area contributed by atoms with E-state index in [1.54, 1.807) is 11.3 Å². The maximum atomic E-state index is 12.5. The van der Waals surface area contributed by atoms with E-state index >= 15 is 0 Å². The van der Waals surface area contributed by atoms with Gasteiger partial charge in [0.2, 0.25) is 5.91 Å². The van der Waals surface area contributed by atoms with E-state index in [9.17, 15) is 10.1 Å². The average molecular weight is 443 g/mol. The summed E-state index contributed by atoms with van der Waals surface area (Å²) in [5.74, 6) is -0.00158. The van der Waals surface area contributed by atoms with E-state index in [0.29, 0.717) is 12.0 Å². The quantitative estimate of drug-likeness (QED) is 0.717. The van der Waals surface area contributed by atoms with Gasteiger partial charge in [0, 0.05) is 55.1 Å². The van der Waals surface area contributed by atoms with Crippen molar-refractivity contribution in [3.8, 4) is 6.07 Å². The first-order chi connectivity index (χ1) is 14.6. The van der Waals surface area contributed by atoms with Gasteiger partial charge in [-0.2, -0.15) is 5.26 Å². The normalized spacial score (nSPS) is 18.0. The van der Waals surface area contributed by atoms with Gasteiger partial charge < -0.3 is 10.2 Å². The molecule has 158 valence electrons. The third kappa shape index (κ3) is 4.55. The number of hydrogen-bond donors (Lipinski definition) is 1. The van der Waals surface area contributed by atoms with Gasteiger partial charge >= 0.3 is 0 Å².